The van der Waals surface area contributed by atoms with Crippen molar-refractivity contribution in [3.05, 3.63) is 71.8 Å². The molecular weight excluding hydrogens is 1220 g/mol. The number of nitrogens with zero attached hydrogens (tertiary/aromatic N) is 1. The van der Waals surface area contributed by atoms with Crippen molar-refractivity contribution in [3.63, 3.8) is 0 Å². The number of rotatable bonds is 43. The number of hydrogen-bond acceptors (Lipinski definition) is 17. The fraction of sp³-hybridized carbons (Fsp3) is 0.609. The van der Waals surface area contributed by atoms with Crippen LogP contribution in [0.5, 0.6) is 0 Å². The van der Waals surface area contributed by atoms with Gasteiger partial charge in [0.15, 0.2) is 0 Å². The zero-order valence-corrected chi connectivity index (χ0v) is 54.9. The summed E-state index contributed by atoms with van der Waals surface area (Å²) in [5.74, 6) is -10.9. The van der Waals surface area contributed by atoms with Gasteiger partial charge in [-0.1, -0.05) is 74.5 Å². The van der Waals surface area contributed by atoms with Gasteiger partial charge in [-0.3, -0.25) is 57.5 Å². The van der Waals surface area contributed by atoms with Gasteiger partial charge >= 0.3 is 11.9 Å². The Bertz CT molecular complexity index is 2840. The first-order valence-corrected chi connectivity index (χ1v) is 32.3. The Balaban J connectivity index is 1.76. The van der Waals surface area contributed by atoms with Gasteiger partial charge in [0.05, 0.1) is 6.04 Å². The average molecular weight is 1320 g/mol. The summed E-state index contributed by atoms with van der Waals surface area (Å²) in [6.45, 7) is 10.1. The smallest absolute Gasteiger partial charge is 0.326 e. The number of benzene rings is 2. The molecule has 1 heterocycles. The summed E-state index contributed by atoms with van der Waals surface area (Å²) in [4.78, 5) is 176. The lowest BCUT2D eigenvalue weighted by Gasteiger charge is -2.29. The Hall–Kier alpha value is -8.61. The molecule has 30 heteroatoms. The van der Waals surface area contributed by atoms with Crippen LogP contribution in [0.25, 0.3) is 0 Å². The zero-order valence-electron chi connectivity index (χ0n) is 54.9. The van der Waals surface area contributed by atoms with Crippen LogP contribution in [0, 0.1) is 5.92 Å². The molecule has 1 aliphatic rings. The van der Waals surface area contributed by atoms with Gasteiger partial charge in [-0.15, -0.1) is 0 Å². The number of unbranched alkanes of at least 4 members (excludes halogenated alkanes) is 3. The molecule has 0 unspecified atom stereocenters. The molecule has 20 N–H and O–H groups in total. The Morgan fingerprint density at radius 3 is 1.27 bits per heavy atom. The van der Waals surface area contributed by atoms with Crippen LogP contribution < -0.4 is 76.1 Å². The molecule has 3 rings (SSSR count). The number of nitrogens with two attached hydrogens (primary N) is 4. The fourth-order valence-corrected chi connectivity index (χ4v) is 10.3. The molecule has 30 nitrogen and oxygen atoms in total. The number of carbonyl (C=O) groups excluding carboxylic acids is 11. The van der Waals surface area contributed by atoms with Gasteiger partial charge in [0, 0.05) is 25.8 Å². The maximum Gasteiger partial charge on any atom is 0.326 e. The van der Waals surface area contributed by atoms with E-state index in [0.29, 0.717) is 69.2 Å². The van der Waals surface area contributed by atoms with E-state index in [9.17, 15) is 67.4 Å². The van der Waals surface area contributed by atoms with E-state index in [1.165, 1.54) is 32.6 Å². The monoisotopic (exact) mass is 1320 g/mol. The van der Waals surface area contributed by atoms with Crippen LogP contribution in [0.2, 0.25) is 0 Å². The number of nitrogens with one attached hydrogen (secondary N) is 10. The molecule has 0 saturated carbocycles. The molecule has 0 aromatic heterocycles. The SMILES string of the molecule is CC(C)C[C@H](NC(=O)[C@H](C)NC(=O)[C@@H](N)CCC(=O)O)C(=O)N[C@@H](Cc1ccccc1)C(=O)N[C@@H](C)C(=O)N[C@@H](C)C(=O)N1CCC[C@H]1C(=O)N[C@@H](Cc1ccccc1)C(=O)N[C@@H](C)C(=O)N[C@@H](CCCCN)C(=O)N[C@@H](CCCCN)C(=O)N[C@@H](CCCCN)C(=O)O. The molecule has 0 radical (unpaired) electrons. The standard InChI is InChI=1S/C64H101N15O15/c1-37(2)34-48(76-55(84)39(4)69-56(85)44(68)28-29-52(80)81)61(90)77-49(35-42-20-9-7-10-21-42)59(88)70-38(3)53(82)72-41(6)63(92)79-33-19-27-51(79)62(91)78-50(36-43-22-11-8-12-23-43)60(89)71-40(5)54(83)73-45(24-13-16-30-65)57(86)74-46(25-14-17-31-66)58(87)75-47(64(93)94)26-15-18-32-67/h7-12,20-23,37-41,44-51H,13-19,24-36,65-68H2,1-6H3,(H,69,85)(H,70,88)(H,71,89)(H,72,82)(H,73,83)(H,74,86)(H,75,87)(H,76,84)(H,77,90)(H,78,91)(H,80,81)(H,93,94)/t38-,39-,40-,41-,44-,45-,46-,47-,48-,49-,50-,51-/m0/s1. The summed E-state index contributed by atoms with van der Waals surface area (Å²) in [6, 6.07) is 2.46. The summed E-state index contributed by atoms with van der Waals surface area (Å²) in [7, 11) is 0. The molecule has 522 valence electrons. The van der Waals surface area contributed by atoms with Crippen LogP contribution in [0.15, 0.2) is 60.7 Å². The van der Waals surface area contributed by atoms with Gasteiger partial charge in [0.25, 0.3) is 0 Å². The highest BCUT2D eigenvalue weighted by molar-refractivity contribution is 5.99. The Morgan fingerprint density at radius 2 is 0.819 bits per heavy atom. The van der Waals surface area contributed by atoms with Crippen LogP contribution in [0.1, 0.15) is 143 Å². The number of aliphatic carboxylic acids is 2. The summed E-state index contributed by atoms with van der Waals surface area (Å²) in [5.41, 5.74) is 24.1. The summed E-state index contributed by atoms with van der Waals surface area (Å²) in [6.07, 6.45) is 3.04. The predicted molar refractivity (Wildman–Crippen MR) is 348 cm³/mol. The third kappa shape index (κ3) is 28.3. The zero-order chi connectivity index (χ0) is 70.0. The average Bonchev–Trinajstić information content (AvgIpc) is 1.66. The fourth-order valence-electron chi connectivity index (χ4n) is 10.3. The highest BCUT2D eigenvalue weighted by Gasteiger charge is 2.40. The minimum atomic E-state index is -1.31. The van der Waals surface area contributed by atoms with Gasteiger partial charge in [0.1, 0.15) is 66.5 Å². The van der Waals surface area contributed by atoms with E-state index in [2.05, 4.69) is 53.2 Å². The normalized spacial score (nSPS) is 16.3. The first-order chi connectivity index (χ1) is 44.6. The number of amides is 11. The molecule has 0 aliphatic carbocycles. The van der Waals surface area contributed by atoms with Crippen LogP contribution in [0.4, 0.5) is 0 Å². The second-order valence-electron chi connectivity index (χ2n) is 24.2. The number of hydrogen-bond donors (Lipinski definition) is 16. The summed E-state index contributed by atoms with van der Waals surface area (Å²) < 4.78 is 0. The molecule has 1 fully saturated rings. The van der Waals surface area contributed by atoms with E-state index in [0.717, 1.165) is 0 Å². The van der Waals surface area contributed by atoms with Crippen molar-refractivity contribution in [3.8, 4) is 0 Å². The molecule has 11 amide bonds. The van der Waals surface area contributed by atoms with Crippen LogP contribution in [-0.2, 0) is 75.2 Å². The molecule has 94 heavy (non-hydrogen) atoms. The van der Waals surface area contributed by atoms with Gasteiger partial charge in [-0.2, -0.15) is 0 Å². The van der Waals surface area contributed by atoms with Gasteiger partial charge < -0.3 is 91.2 Å². The molecule has 2 aromatic rings. The maximum atomic E-state index is 14.3. The van der Waals surface area contributed by atoms with Gasteiger partial charge in [0.2, 0.25) is 65.0 Å². The van der Waals surface area contributed by atoms with Crippen molar-refractivity contribution in [2.45, 2.75) is 217 Å². The highest BCUT2D eigenvalue weighted by atomic mass is 16.4. The van der Waals surface area contributed by atoms with Crippen LogP contribution in [0.3, 0.4) is 0 Å². The molecule has 1 aliphatic heterocycles. The van der Waals surface area contributed by atoms with Crippen molar-refractivity contribution >= 4 is 76.9 Å². The molecule has 0 spiro atoms. The minimum Gasteiger partial charge on any atom is -0.481 e. The first kappa shape index (κ1) is 79.6. The molecular formula is C64H101N15O15. The molecule has 0 bridgehead atoms. The summed E-state index contributed by atoms with van der Waals surface area (Å²) >= 11 is 0. The van der Waals surface area contributed by atoms with Gasteiger partial charge in [-0.25, -0.2) is 4.79 Å². The Kier molecular flexibility index (Phi) is 35.5. The van der Waals surface area contributed by atoms with Crippen molar-refractivity contribution in [1.82, 2.24) is 58.1 Å². The van der Waals surface area contributed by atoms with E-state index in [-0.39, 0.29) is 76.8 Å². The summed E-state index contributed by atoms with van der Waals surface area (Å²) in [5, 5.41) is 45.0. The van der Waals surface area contributed by atoms with Crippen LogP contribution in [-0.4, -0.2) is 191 Å². The molecule has 1 saturated heterocycles. The largest absolute Gasteiger partial charge is 0.481 e. The van der Waals surface area contributed by atoms with Crippen LogP contribution >= 0.6 is 0 Å². The third-order valence-corrected chi connectivity index (χ3v) is 15.7. The number of likely N-dealkylation sites (tertiary alicyclic amines) is 1. The third-order valence-electron chi connectivity index (χ3n) is 15.7. The first-order valence-electron chi connectivity index (χ1n) is 32.3. The van der Waals surface area contributed by atoms with E-state index < -0.39 is 149 Å². The van der Waals surface area contributed by atoms with E-state index in [4.69, 9.17) is 28.0 Å². The lowest BCUT2D eigenvalue weighted by Crippen LogP contribution is -2.60. The van der Waals surface area contributed by atoms with Crippen molar-refractivity contribution in [1.29, 1.82) is 0 Å². The second-order valence-corrected chi connectivity index (χ2v) is 24.2. The van der Waals surface area contributed by atoms with Crippen molar-refractivity contribution < 1.29 is 72.5 Å². The topological polar surface area (TPSA) is 490 Å². The van der Waals surface area contributed by atoms with Gasteiger partial charge in [-0.05, 0) is 148 Å². The Labute approximate surface area is 549 Å². The maximum absolute atomic E-state index is 14.3. The van der Waals surface area contributed by atoms with Crippen molar-refractivity contribution in [2.24, 2.45) is 28.9 Å². The van der Waals surface area contributed by atoms with E-state index in [1.807, 2.05) is 0 Å². The molecule has 2 aromatic carbocycles. The quantitative estimate of drug-likeness (QED) is 0.0323. The number of carboxylic acids is 2. The number of carboxylic acid groups (broad SMARTS) is 2. The van der Waals surface area contributed by atoms with E-state index >= 15 is 0 Å². The van der Waals surface area contributed by atoms with Crippen molar-refractivity contribution in [2.75, 3.05) is 26.2 Å². The minimum absolute atomic E-state index is 0.0549. The lowest BCUT2D eigenvalue weighted by molar-refractivity contribution is -0.142. The molecule has 12 atom stereocenters. The highest BCUT2D eigenvalue weighted by Crippen LogP contribution is 2.20. The predicted octanol–water partition coefficient (Wildman–Crippen LogP) is -1.90. The lowest BCUT2D eigenvalue weighted by atomic mass is 10.0. The Morgan fingerprint density at radius 1 is 0.447 bits per heavy atom. The number of carbonyl (C=O) groups is 13. The van der Waals surface area contributed by atoms with E-state index in [1.54, 1.807) is 74.5 Å². The second kappa shape index (κ2) is 41.9.